The average molecular weight is 246 g/mol. The molecule has 0 aromatic heterocycles. The van der Waals surface area contributed by atoms with Gasteiger partial charge in [0.05, 0.1) is 6.61 Å². The van der Waals surface area contributed by atoms with Gasteiger partial charge in [0.25, 0.3) is 0 Å². The van der Waals surface area contributed by atoms with Gasteiger partial charge in [-0.15, -0.1) is 0 Å². The third kappa shape index (κ3) is 2.46. The Balaban J connectivity index is 1.54. The first kappa shape index (κ1) is 11.8. The molecule has 0 unspecified atom stereocenters. The van der Waals surface area contributed by atoms with Crippen molar-refractivity contribution >= 4 is 5.69 Å². The van der Waals surface area contributed by atoms with Crippen LogP contribution in [0.1, 0.15) is 18.9 Å². The van der Waals surface area contributed by atoms with Crippen LogP contribution in [0.3, 0.4) is 0 Å². The minimum Gasteiger partial charge on any atom is -0.493 e. The maximum absolute atomic E-state index is 5.91. The zero-order valence-electron chi connectivity index (χ0n) is 11.1. The number of fused-ring (bicyclic) bond motifs is 1. The van der Waals surface area contributed by atoms with E-state index in [0.717, 1.165) is 24.8 Å². The summed E-state index contributed by atoms with van der Waals surface area (Å²) in [6.45, 7) is 7.74. The highest BCUT2D eigenvalue weighted by atomic mass is 16.5. The molecule has 98 valence electrons. The summed E-state index contributed by atoms with van der Waals surface area (Å²) >= 11 is 0. The lowest BCUT2D eigenvalue weighted by Crippen LogP contribution is -2.48. The van der Waals surface area contributed by atoms with Crippen LogP contribution in [-0.2, 0) is 6.42 Å². The first-order chi connectivity index (χ1) is 8.85. The minimum absolute atomic E-state index is 0.721. The Morgan fingerprint density at radius 3 is 3.11 bits per heavy atom. The highest BCUT2D eigenvalue weighted by Crippen LogP contribution is 2.27. The van der Waals surface area contributed by atoms with E-state index in [1.54, 1.807) is 0 Å². The first-order valence-electron chi connectivity index (χ1n) is 7.07. The van der Waals surface area contributed by atoms with Crippen LogP contribution in [0.4, 0.5) is 5.69 Å². The summed E-state index contributed by atoms with van der Waals surface area (Å²) < 4.78 is 5.91. The molecule has 1 N–H and O–H groups in total. The fourth-order valence-corrected chi connectivity index (χ4v) is 2.80. The van der Waals surface area contributed by atoms with Gasteiger partial charge in [-0.3, -0.25) is 0 Å². The van der Waals surface area contributed by atoms with E-state index >= 15 is 0 Å². The molecule has 3 rings (SSSR count). The van der Waals surface area contributed by atoms with Gasteiger partial charge in [-0.1, -0.05) is 6.92 Å². The van der Waals surface area contributed by atoms with E-state index in [4.69, 9.17) is 4.74 Å². The number of ether oxygens (including phenoxy) is 1. The molecule has 2 aliphatic rings. The van der Waals surface area contributed by atoms with Gasteiger partial charge in [-0.25, -0.2) is 0 Å². The second-order valence-corrected chi connectivity index (χ2v) is 5.38. The molecule has 0 aliphatic carbocycles. The number of hydrogen-bond donors (Lipinski definition) is 1. The maximum Gasteiger partial charge on any atom is 0.119 e. The van der Waals surface area contributed by atoms with Gasteiger partial charge in [0.1, 0.15) is 5.75 Å². The Kier molecular flexibility index (Phi) is 3.41. The van der Waals surface area contributed by atoms with Crippen LogP contribution in [0.15, 0.2) is 18.2 Å². The summed E-state index contributed by atoms with van der Waals surface area (Å²) in [5, 5.41) is 3.43. The lowest BCUT2D eigenvalue weighted by molar-refractivity contribution is 0.0671. The molecular formula is C15H22N2O. The highest BCUT2D eigenvalue weighted by molar-refractivity contribution is 5.55. The molecule has 18 heavy (non-hydrogen) atoms. The van der Waals surface area contributed by atoms with Gasteiger partial charge in [-0.2, -0.15) is 0 Å². The van der Waals surface area contributed by atoms with Crippen molar-refractivity contribution in [3.8, 4) is 5.75 Å². The van der Waals surface area contributed by atoms with E-state index in [-0.39, 0.29) is 0 Å². The Hall–Kier alpha value is -1.22. The molecule has 0 radical (unpaired) electrons. The minimum atomic E-state index is 0.721. The SMILES string of the molecule is CCN1CC(COc2ccc3c(c2)CCCN3)C1. The maximum atomic E-state index is 5.91. The molecule has 0 bridgehead atoms. The quantitative estimate of drug-likeness (QED) is 0.882. The van der Waals surface area contributed by atoms with E-state index in [1.165, 1.54) is 43.7 Å². The van der Waals surface area contributed by atoms with Crippen molar-refractivity contribution in [3.05, 3.63) is 23.8 Å². The Bertz CT molecular complexity index is 413. The molecule has 0 amide bonds. The summed E-state index contributed by atoms with van der Waals surface area (Å²) in [6.07, 6.45) is 2.40. The van der Waals surface area contributed by atoms with Crippen molar-refractivity contribution in [2.24, 2.45) is 5.92 Å². The third-order valence-electron chi connectivity index (χ3n) is 3.98. The van der Waals surface area contributed by atoms with Crippen molar-refractivity contribution < 1.29 is 4.74 Å². The van der Waals surface area contributed by atoms with Gasteiger partial charge in [0.2, 0.25) is 0 Å². The Morgan fingerprint density at radius 1 is 1.39 bits per heavy atom. The topological polar surface area (TPSA) is 24.5 Å². The van der Waals surface area contributed by atoms with Crippen LogP contribution in [0.2, 0.25) is 0 Å². The van der Waals surface area contributed by atoms with Crippen LogP contribution in [0, 0.1) is 5.92 Å². The number of hydrogen-bond acceptors (Lipinski definition) is 3. The van der Waals surface area contributed by atoms with E-state index in [2.05, 4.69) is 35.3 Å². The zero-order valence-corrected chi connectivity index (χ0v) is 11.1. The standard InChI is InChI=1S/C15H22N2O/c1-2-17-9-12(10-17)11-18-14-5-6-15-13(8-14)4-3-7-16-15/h5-6,8,12,16H,2-4,7,9-11H2,1H3. The number of benzene rings is 1. The highest BCUT2D eigenvalue weighted by Gasteiger charge is 2.25. The van der Waals surface area contributed by atoms with Gasteiger partial charge in [0, 0.05) is 31.2 Å². The molecular weight excluding hydrogens is 224 g/mol. The van der Waals surface area contributed by atoms with Gasteiger partial charge in [-0.05, 0) is 43.1 Å². The molecule has 3 heteroatoms. The number of rotatable bonds is 4. The fourth-order valence-electron chi connectivity index (χ4n) is 2.80. The van der Waals surface area contributed by atoms with Crippen LogP contribution in [-0.4, -0.2) is 37.7 Å². The predicted molar refractivity (Wildman–Crippen MR) is 74.4 cm³/mol. The number of nitrogens with zero attached hydrogens (tertiary/aromatic N) is 1. The van der Waals surface area contributed by atoms with Crippen molar-refractivity contribution in [1.29, 1.82) is 0 Å². The van der Waals surface area contributed by atoms with Crippen molar-refractivity contribution in [2.75, 3.05) is 38.1 Å². The van der Waals surface area contributed by atoms with Gasteiger partial charge in [0.15, 0.2) is 0 Å². The van der Waals surface area contributed by atoms with Crippen molar-refractivity contribution in [1.82, 2.24) is 4.90 Å². The zero-order chi connectivity index (χ0) is 12.4. The largest absolute Gasteiger partial charge is 0.493 e. The van der Waals surface area contributed by atoms with Crippen LogP contribution in [0.25, 0.3) is 0 Å². The summed E-state index contributed by atoms with van der Waals surface area (Å²) in [4.78, 5) is 2.45. The van der Waals surface area contributed by atoms with Crippen molar-refractivity contribution in [2.45, 2.75) is 19.8 Å². The molecule has 0 spiro atoms. The Labute approximate surface area is 109 Å². The average Bonchev–Trinajstić information content (AvgIpc) is 2.37. The first-order valence-corrected chi connectivity index (χ1v) is 7.07. The van der Waals surface area contributed by atoms with Crippen LogP contribution >= 0.6 is 0 Å². The second kappa shape index (κ2) is 5.19. The number of nitrogens with one attached hydrogen (secondary N) is 1. The summed E-state index contributed by atoms with van der Waals surface area (Å²) in [7, 11) is 0. The van der Waals surface area contributed by atoms with Gasteiger partial charge < -0.3 is 15.0 Å². The summed E-state index contributed by atoms with van der Waals surface area (Å²) in [6, 6.07) is 6.45. The van der Waals surface area contributed by atoms with Gasteiger partial charge >= 0.3 is 0 Å². The molecule has 2 heterocycles. The van der Waals surface area contributed by atoms with E-state index in [1.807, 2.05) is 0 Å². The Morgan fingerprint density at radius 2 is 2.28 bits per heavy atom. The molecule has 2 aliphatic heterocycles. The van der Waals surface area contributed by atoms with E-state index in [9.17, 15) is 0 Å². The number of anilines is 1. The van der Waals surface area contributed by atoms with E-state index < -0.39 is 0 Å². The summed E-state index contributed by atoms with van der Waals surface area (Å²) in [5.41, 5.74) is 2.69. The molecule has 1 aromatic carbocycles. The lowest BCUT2D eigenvalue weighted by atomic mass is 10.0. The predicted octanol–water partition coefficient (Wildman–Crippen LogP) is 2.38. The van der Waals surface area contributed by atoms with E-state index in [0.29, 0.717) is 0 Å². The number of aryl methyl sites for hydroxylation is 1. The number of likely N-dealkylation sites (tertiary alicyclic amines) is 1. The smallest absolute Gasteiger partial charge is 0.119 e. The lowest BCUT2D eigenvalue weighted by Gasteiger charge is -2.38. The van der Waals surface area contributed by atoms with Crippen molar-refractivity contribution in [3.63, 3.8) is 0 Å². The second-order valence-electron chi connectivity index (χ2n) is 5.38. The molecule has 1 saturated heterocycles. The summed E-state index contributed by atoms with van der Waals surface area (Å²) in [5.74, 6) is 1.76. The molecule has 1 aromatic rings. The normalized spacial score (nSPS) is 19.8. The molecule has 0 saturated carbocycles. The third-order valence-corrected chi connectivity index (χ3v) is 3.98. The monoisotopic (exact) mass is 246 g/mol. The molecule has 1 fully saturated rings. The van der Waals surface area contributed by atoms with Crippen LogP contribution in [0.5, 0.6) is 5.75 Å². The molecule has 0 atom stereocenters. The van der Waals surface area contributed by atoms with Crippen LogP contribution < -0.4 is 10.1 Å². The molecule has 3 nitrogen and oxygen atoms in total. The fraction of sp³-hybridized carbons (Fsp3) is 0.600.